The van der Waals surface area contributed by atoms with E-state index in [9.17, 15) is 0 Å². The van der Waals surface area contributed by atoms with Crippen LogP contribution >= 0.6 is 0 Å². The number of rotatable bonds is 5. The zero-order valence-electron chi connectivity index (χ0n) is 10.8. The molecule has 0 aliphatic carbocycles. The van der Waals surface area contributed by atoms with Gasteiger partial charge in [-0.25, -0.2) is 0 Å². The van der Waals surface area contributed by atoms with Gasteiger partial charge in [-0.2, -0.15) is 0 Å². The normalized spacial score (nSPS) is 11.5. The standard InChI is InChI=1S/C14H23NO/c1-14(2,3)15-11-7-9-12-8-5-6-10-13(12)16-4/h5-6,8,10,15H,7,9,11H2,1-4H3. The molecule has 0 saturated carbocycles. The summed E-state index contributed by atoms with van der Waals surface area (Å²) in [5.41, 5.74) is 1.50. The molecule has 0 amide bonds. The van der Waals surface area contributed by atoms with Crippen molar-refractivity contribution in [2.24, 2.45) is 0 Å². The number of hydrogen-bond donors (Lipinski definition) is 1. The number of ether oxygens (including phenoxy) is 1. The van der Waals surface area contributed by atoms with Crippen LogP contribution in [0.3, 0.4) is 0 Å². The van der Waals surface area contributed by atoms with Crippen LogP contribution in [0.5, 0.6) is 5.75 Å². The fourth-order valence-electron chi connectivity index (χ4n) is 1.65. The largest absolute Gasteiger partial charge is 0.496 e. The molecule has 16 heavy (non-hydrogen) atoms. The van der Waals surface area contributed by atoms with E-state index in [1.54, 1.807) is 7.11 Å². The Hall–Kier alpha value is -1.02. The van der Waals surface area contributed by atoms with E-state index in [-0.39, 0.29) is 5.54 Å². The maximum absolute atomic E-state index is 5.32. The summed E-state index contributed by atoms with van der Waals surface area (Å²) in [5.74, 6) is 0.998. The van der Waals surface area contributed by atoms with Crippen LogP contribution in [0.2, 0.25) is 0 Å². The van der Waals surface area contributed by atoms with Crippen molar-refractivity contribution in [1.82, 2.24) is 5.32 Å². The monoisotopic (exact) mass is 221 g/mol. The van der Waals surface area contributed by atoms with E-state index in [1.165, 1.54) is 5.56 Å². The van der Waals surface area contributed by atoms with E-state index in [1.807, 2.05) is 12.1 Å². The lowest BCUT2D eigenvalue weighted by molar-refractivity contribution is 0.404. The zero-order chi connectivity index (χ0) is 12.0. The average molecular weight is 221 g/mol. The first-order valence-electron chi connectivity index (χ1n) is 5.90. The number of aryl methyl sites for hydroxylation is 1. The van der Waals surface area contributed by atoms with Gasteiger partial charge in [-0.3, -0.25) is 0 Å². The van der Waals surface area contributed by atoms with Crippen molar-refractivity contribution in [3.05, 3.63) is 29.8 Å². The van der Waals surface area contributed by atoms with Crippen LogP contribution < -0.4 is 10.1 Å². The molecule has 1 aromatic carbocycles. The molecule has 0 unspecified atom stereocenters. The van der Waals surface area contributed by atoms with Gasteiger partial charge in [0.15, 0.2) is 0 Å². The first-order chi connectivity index (χ1) is 7.53. The summed E-state index contributed by atoms with van der Waals surface area (Å²) in [5, 5.41) is 3.49. The third kappa shape index (κ3) is 4.67. The molecule has 0 saturated heterocycles. The van der Waals surface area contributed by atoms with E-state index in [0.29, 0.717) is 0 Å². The van der Waals surface area contributed by atoms with E-state index in [2.05, 4.69) is 38.2 Å². The molecular formula is C14H23NO. The number of para-hydroxylation sites is 1. The second-order valence-electron chi connectivity index (χ2n) is 5.09. The SMILES string of the molecule is COc1ccccc1CCCNC(C)(C)C. The van der Waals surface area contributed by atoms with Crippen molar-refractivity contribution < 1.29 is 4.74 Å². The van der Waals surface area contributed by atoms with E-state index in [4.69, 9.17) is 4.74 Å². The molecule has 2 nitrogen and oxygen atoms in total. The summed E-state index contributed by atoms with van der Waals surface area (Å²) in [6.07, 6.45) is 2.20. The molecule has 0 aromatic heterocycles. The molecule has 0 fully saturated rings. The Balaban J connectivity index is 2.37. The predicted molar refractivity (Wildman–Crippen MR) is 69.1 cm³/mol. The number of hydrogen-bond acceptors (Lipinski definition) is 2. The van der Waals surface area contributed by atoms with E-state index >= 15 is 0 Å². The highest BCUT2D eigenvalue weighted by Gasteiger charge is 2.07. The molecule has 1 rings (SSSR count). The minimum absolute atomic E-state index is 0.209. The van der Waals surface area contributed by atoms with Gasteiger partial charge in [-0.05, 0) is 51.8 Å². The van der Waals surface area contributed by atoms with Crippen LogP contribution in [0, 0.1) is 0 Å². The van der Waals surface area contributed by atoms with Crippen molar-refractivity contribution in [2.75, 3.05) is 13.7 Å². The summed E-state index contributed by atoms with van der Waals surface area (Å²) in [4.78, 5) is 0. The highest BCUT2D eigenvalue weighted by atomic mass is 16.5. The third-order valence-electron chi connectivity index (χ3n) is 2.47. The summed E-state index contributed by atoms with van der Waals surface area (Å²) in [6.45, 7) is 7.61. The Labute approximate surface area is 99.0 Å². The topological polar surface area (TPSA) is 21.3 Å². The van der Waals surface area contributed by atoms with Crippen molar-refractivity contribution in [2.45, 2.75) is 39.2 Å². The zero-order valence-corrected chi connectivity index (χ0v) is 10.8. The van der Waals surface area contributed by atoms with Crippen molar-refractivity contribution in [3.8, 4) is 5.75 Å². The van der Waals surface area contributed by atoms with Gasteiger partial charge in [0.25, 0.3) is 0 Å². The Kier molecular flexibility index (Phi) is 4.81. The van der Waals surface area contributed by atoms with Crippen LogP contribution in [0.4, 0.5) is 0 Å². The lowest BCUT2D eigenvalue weighted by Crippen LogP contribution is -2.36. The van der Waals surface area contributed by atoms with Crippen LogP contribution in [-0.2, 0) is 6.42 Å². The highest BCUT2D eigenvalue weighted by molar-refractivity contribution is 5.33. The summed E-state index contributed by atoms with van der Waals surface area (Å²) < 4.78 is 5.32. The van der Waals surface area contributed by atoms with Gasteiger partial charge in [0.1, 0.15) is 5.75 Å². The van der Waals surface area contributed by atoms with Gasteiger partial charge in [-0.1, -0.05) is 18.2 Å². The van der Waals surface area contributed by atoms with Crippen LogP contribution in [0.15, 0.2) is 24.3 Å². The van der Waals surface area contributed by atoms with Gasteiger partial charge in [0, 0.05) is 5.54 Å². The Bertz CT molecular complexity index is 315. The maximum atomic E-state index is 5.32. The Morgan fingerprint density at radius 3 is 2.50 bits per heavy atom. The molecule has 0 aliphatic rings. The average Bonchev–Trinajstić information content (AvgIpc) is 2.23. The quantitative estimate of drug-likeness (QED) is 0.772. The minimum atomic E-state index is 0.209. The fourth-order valence-corrected chi connectivity index (χ4v) is 1.65. The molecule has 0 radical (unpaired) electrons. The van der Waals surface area contributed by atoms with Gasteiger partial charge in [-0.15, -0.1) is 0 Å². The molecule has 0 spiro atoms. The van der Waals surface area contributed by atoms with Gasteiger partial charge in [0.2, 0.25) is 0 Å². The molecular weight excluding hydrogens is 198 g/mol. The van der Waals surface area contributed by atoms with Crippen LogP contribution in [-0.4, -0.2) is 19.2 Å². The third-order valence-corrected chi connectivity index (χ3v) is 2.47. The maximum Gasteiger partial charge on any atom is 0.122 e. The second kappa shape index (κ2) is 5.90. The van der Waals surface area contributed by atoms with Crippen molar-refractivity contribution >= 4 is 0 Å². The second-order valence-corrected chi connectivity index (χ2v) is 5.09. The van der Waals surface area contributed by atoms with Gasteiger partial charge < -0.3 is 10.1 Å². The molecule has 0 aliphatic heterocycles. The van der Waals surface area contributed by atoms with E-state index < -0.39 is 0 Å². The smallest absolute Gasteiger partial charge is 0.122 e. The number of methoxy groups -OCH3 is 1. The van der Waals surface area contributed by atoms with E-state index in [0.717, 1.165) is 25.1 Å². The predicted octanol–water partition coefficient (Wildman–Crippen LogP) is 3.02. The molecule has 0 bridgehead atoms. The summed E-state index contributed by atoms with van der Waals surface area (Å²) in [7, 11) is 1.73. The first-order valence-corrected chi connectivity index (χ1v) is 5.90. The molecule has 1 N–H and O–H groups in total. The number of benzene rings is 1. The van der Waals surface area contributed by atoms with Crippen molar-refractivity contribution in [3.63, 3.8) is 0 Å². The lowest BCUT2D eigenvalue weighted by atomic mass is 10.1. The summed E-state index contributed by atoms with van der Waals surface area (Å²) in [6, 6.07) is 8.23. The molecule has 1 aromatic rings. The van der Waals surface area contributed by atoms with Gasteiger partial charge in [0.05, 0.1) is 7.11 Å². The summed E-state index contributed by atoms with van der Waals surface area (Å²) >= 11 is 0. The lowest BCUT2D eigenvalue weighted by Gasteiger charge is -2.20. The molecule has 0 heterocycles. The Morgan fingerprint density at radius 1 is 1.19 bits per heavy atom. The van der Waals surface area contributed by atoms with Crippen molar-refractivity contribution in [1.29, 1.82) is 0 Å². The Morgan fingerprint density at radius 2 is 1.88 bits per heavy atom. The number of nitrogens with one attached hydrogen (secondary N) is 1. The molecule has 2 heteroatoms. The fraction of sp³-hybridized carbons (Fsp3) is 0.571. The highest BCUT2D eigenvalue weighted by Crippen LogP contribution is 2.18. The first kappa shape index (κ1) is 13.0. The molecule has 90 valence electrons. The van der Waals surface area contributed by atoms with Gasteiger partial charge >= 0.3 is 0 Å². The van der Waals surface area contributed by atoms with Crippen LogP contribution in [0.25, 0.3) is 0 Å². The minimum Gasteiger partial charge on any atom is -0.496 e. The van der Waals surface area contributed by atoms with Crippen LogP contribution in [0.1, 0.15) is 32.8 Å². The molecule has 0 atom stereocenters.